The standard InChI is InChI=1S/C12H12N4O/c13-6-9-11-10(2-1-4-14-11)15-12(9)16-5-3-8(17)7-16/h1-2,4,8,15,17H,3,5,7H2/t8-/m0/s1. The van der Waals surface area contributed by atoms with Gasteiger partial charge in [-0.05, 0) is 18.6 Å². The summed E-state index contributed by atoms with van der Waals surface area (Å²) >= 11 is 0. The summed E-state index contributed by atoms with van der Waals surface area (Å²) in [5.41, 5.74) is 2.13. The minimum atomic E-state index is -0.305. The van der Waals surface area contributed by atoms with E-state index in [1.165, 1.54) is 0 Å². The molecular weight excluding hydrogens is 216 g/mol. The van der Waals surface area contributed by atoms with Crippen LogP contribution in [0.4, 0.5) is 5.82 Å². The molecule has 0 amide bonds. The number of pyridine rings is 1. The lowest BCUT2D eigenvalue weighted by atomic mass is 10.2. The number of rotatable bonds is 1. The maximum Gasteiger partial charge on any atom is 0.127 e. The molecule has 1 aliphatic heterocycles. The van der Waals surface area contributed by atoms with Crippen molar-refractivity contribution in [3.63, 3.8) is 0 Å². The summed E-state index contributed by atoms with van der Waals surface area (Å²) in [6, 6.07) is 5.93. The van der Waals surface area contributed by atoms with E-state index in [1.807, 2.05) is 17.0 Å². The summed E-state index contributed by atoms with van der Waals surface area (Å²) in [5.74, 6) is 0.776. The molecule has 1 atom stereocenters. The zero-order chi connectivity index (χ0) is 11.8. The number of β-amino-alcohol motifs (C(OH)–C–C–N with tert-alkyl or cyclic N) is 1. The third-order valence-electron chi connectivity index (χ3n) is 3.13. The summed E-state index contributed by atoms with van der Waals surface area (Å²) in [7, 11) is 0. The molecule has 2 aromatic heterocycles. The predicted octanol–water partition coefficient (Wildman–Crippen LogP) is 1.01. The number of aliphatic hydroxyl groups excluding tert-OH is 1. The van der Waals surface area contributed by atoms with E-state index < -0.39 is 0 Å². The molecule has 3 rings (SSSR count). The van der Waals surface area contributed by atoms with Crippen LogP contribution in [0.1, 0.15) is 12.0 Å². The number of hydrogen-bond donors (Lipinski definition) is 2. The Morgan fingerprint density at radius 3 is 3.18 bits per heavy atom. The molecule has 1 fully saturated rings. The summed E-state index contributed by atoms with van der Waals surface area (Å²) in [5, 5.41) is 18.8. The van der Waals surface area contributed by atoms with Crippen molar-refractivity contribution in [3.05, 3.63) is 23.9 Å². The number of fused-ring (bicyclic) bond motifs is 1. The molecule has 0 spiro atoms. The van der Waals surface area contributed by atoms with Gasteiger partial charge in [-0.3, -0.25) is 4.98 Å². The van der Waals surface area contributed by atoms with Crippen LogP contribution in [-0.2, 0) is 0 Å². The number of nitrogens with one attached hydrogen (secondary N) is 1. The van der Waals surface area contributed by atoms with Gasteiger partial charge in [0.2, 0.25) is 0 Å². The van der Waals surface area contributed by atoms with E-state index in [-0.39, 0.29) is 6.10 Å². The molecule has 0 bridgehead atoms. The van der Waals surface area contributed by atoms with Gasteiger partial charge in [-0.2, -0.15) is 5.26 Å². The lowest BCUT2D eigenvalue weighted by Gasteiger charge is -2.15. The number of anilines is 1. The Morgan fingerprint density at radius 1 is 1.59 bits per heavy atom. The molecule has 2 aromatic rings. The van der Waals surface area contributed by atoms with Crippen LogP contribution in [0.25, 0.3) is 11.0 Å². The van der Waals surface area contributed by atoms with Gasteiger partial charge >= 0.3 is 0 Å². The summed E-state index contributed by atoms with van der Waals surface area (Å²) in [4.78, 5) is 9.43. The maximum absolute atomic E-state index is 9.55. The van der Waals surface area contributed by atoms with Crippen LogP contribution in [0.5, 0.6) is 0 Å². The summed E-state index contributed by atoms with van der Waals surface area (Å²) in [6.07, 6.45) is 2.12. The van der Waals surface area contributed by atoms with Crippen molar-refractivity contribution in [2.45, 2.75) is 12.5 Å². The molecule has 1 aliphatic rings. The van der Waals surface area contributed by atoms with Crippen molar-refractivity contribution in [1.82, 2.24) is 9.97 Å². The van der Waals surface area contributed by atoms with Gasteiger partial charge in [0, 0.05) is 19.3 Å². The van der Waals surface area contributed by atoms with E-state index in [0.29, 0.717) is 17.6 Å². The minimum Gasteiger partial charge on any atom is -0.391 e. The second-order valence-corrected chi connectivity index (χ2v) is 4.25. The molecule has 0 aromatic carbocycles. The van der Waals surface area contributed by atoms with Crippen LogP contribution in [0.3, 0.4) is 0 Å². The maximum atomic E-state index is 9.55. The fraction of sp³-hybridized carbons (Fsp3) is 0.333. The van der Waals surface area contributed by atoms with Crippen molar-refractivity contribution in [3.8, 4) is 6.07 Å². The quantitative estimate of drug-likeness (QED) is 0.763. The Kier molecular flexibility index (Phi) is 2.23. The van der Waals surface area contributed by atoms with Crippen molar-refractivity contribution in [2.24, 2.45) is 0 Å². The molecule has 5 nitrogen and oxygen atoms in total. The van der Waals surface area contributed by atoms with Gasteiger partial charge in [-0.15, -0.1) is 0 Å². The number of aromatic nitrogens is 2. The molecule has 2 N–H and O–H groups in total. The number of H-pyrrole nitrogens is 1. The second-order valence-electron chi connectivity index (χ2n) is 4.25. The average molecular weight is 228 g/mol. The first kappa shape index (κ1) is 10.1. The van der Waals surface area contributed by atoms with Crippen LogP contribution >= 0.6 is 0 Å². The van der Waals surface area contributed by atoms with Gasteiger partial charge < -0.3 is 15.0 Å². The highest BCUT2D eigenvalue weighted by atomic mass is 16.3. The van der Waals surface area contributed by atoms with Gasteiger partial charge in [-0.1, -0.05) is 0 Å². The first-order chi connectivity index (χ1) is 8.29. The molecule has 1 saturated heterocycles. The lowest BCUT2D eigenvalue weighted by Crippen LogP contribution is -2.22. The van der Waals surface area contributed by atoms with E-state index >= 15 is 0 Å². The molecule has 0 radical (unpaired) electrons. The fourth-order valence-electron chi connectivity index (χ4n) is 2.30. The largest absolute Gasteiger partial charge is 0.391 e. The molecule has 0 aliphatic carbocycles. The molecular formula is C12H12N4O. The molecule has 17 heavy (non-hydrogen) atoms. The highest BCUT2D eigenvalue weighted by Crippen LogP contribution is 2.28. The lowest BCUT2D eigenvalue weighted by molar-refractivity contribution is 0.198. The molecule has 0 unspecified atom stereocenters. The molecule has 0 saturated carbocycles. The molecule has 86 valence electrons. The summed E-state index contributed by atoms with van der Waals surface area (Å²) in [6.45, 7) is 1.34. The van der Waals surface area contributed by atoms with Gasteiger partial charge in [0.05, 0.1) is 11.6 Å². The van der Waals surface area contributed by atoms with E-state index in [1.54, 1.807) is 6.20 Å². The molecule has 3 heterocycles. The van der Waals surface area contributed by atoms with Gasteiger partial charge in [0.25, 0.3) is 0 Å². The number of aromatic amines is 1. The Morgan fingerprint density at radius 2 is 2.47 bits per heavy atom. The highest BCUT2D eigenvalue weighted by Gasteiger charge is 2.25. The van der Waals surface area contributed by atoms with Gasteiger partial charge in [0.1, 0.15) is 23.0 Å². The first-order valence-corrected chi connectivity index (χ1v) is 5.59. The van der Waals surface area contributed by atoms with Crippen molar-refractivity contribution < 1.29 is 5.11 Å². The number of nitriles is 1. The average Bonchev–Trinajstić information content (AvgIpc) is 2.91. The van der Waals surface area contributed by atoms with Crippen LogP contribution in [0.15, 0.2) is 18.3 Å². The Hall–Kier alpha value is -2.06. The Labute approximate surface area is 98.3 Å². The van der Waals surface area contributed by atoms with Crippen molar-refractivity contribution in [1.29, 1.82) is 5.26 Å². The SMILES string of the molecule is N#Cc1c(N2CC[C@H](O)C2)[nH]c2cccnc12. The fourth-order valence-corrected chi connectivity index (χ4v) is 2.30. The van der Waals surface area contributed by atoms with E-state index in [9.17, 15) is 10.4 Å². The number of nitrogens with zero attached hydrogens (tertiary/aromatic N) is 3. The van der Waals surface area contributed by atoms with Gasteiger partial charge in [0.15, 0.2) is 0 Å². The van der Waals surface area contributed by atoms with E-state index in [2.05, 4.69) is 16.0 Å². The zero-order valence-electron chi connectivity index (χ0n) is 9.22. The highest BCUT2D eigenvalue weighted by molar-refractivity contribution is 5.88. The van der Waals surface area contributed by atoms with E-state index in [0.717, 1.165) is 24.3 Å². The zero-order valence-corrected chi connectivity index (χ0v) is 9.22. The predicted molar refractivity (Wildman–Crippen MR) is 63.6 cm³/mol. The third kappa shape index (κ3) is 1.54. The number of aliphatic hydroxyl groups is 1. The van der Waals surface area contributed by atoms with Crippen LogP contribution in [0.2, 0.25) is 0 Å². The smallest absolute Gasteiger partial charge is 0.127 e. The Bertz CT molecular complexity index is 598. The van der Waals surface area contributed by atoms with E-state index in [4.69, 9.17) is 0 Å². The number of hydrogen-bond acceptors (Lipinski definition) is 4. The van der Waals surface area contributed by atoms with Crippen molar-refractivity contribution >= 4 is 16.9 Å². The Balaban J connectivity index is 2.13. The van der Waals surface area contributed by atoms with Crippen LogP contribution < -0.4 is 4.90 Å². The minimum absolute atomic E-state index is 0.305. The second kappa shape index (κ2) is 3.75. The normalized spacial score (nSPS) is 19.8. The summed E-state index contributed by atoms with van der Waals surface area (Å²) < 4.78 is 0. The molecule has 5 heteroatoms. The first-order valence-electron chi connectivity index (χ1n) is 5.59. The van der Waals surface area contributed by atoms with Crippen molar-refractivity contribution in [2.75, 3.05) is 18.0 Å². The van der Waals surface area contributed by atoms with Crippen LogP contribution in [-0.4, -0.2) is 34.3 Å². The van der Waals surface area contributed by atoms with Gasteiger partial charge in [-0.25, -0.2) is 0 Å². The third-order valence-corrected chi connectivity index (χ3v) is 3.13. The van der Waals surface area contributed by atoms with Crippen LogP contribution in [0, 0.1) is 11.3 Å². The topological polar surface area (TPSA) is 75.9 Å². The monoisotopic (exact) mass is 228 g/mol.